The van der Waals surface area contributed by atoms with E-state index in [0.717, 1.165) is 16.7 Å². The van der Waals surface area contributed by atoms with Crippen LogP contribution in [0.3, 0.4) is 0 Å². The van der Waals surface area contributed by atoms with E-state index in [1.807, 2.05) is 54.6 Å². The molecule has 0 radical (unpaired) electrons. The summed E-state index contributed by atoms with van der Waals surface area (Å²) in [6.45, 7) is -0.162. The minimum absolute atomic E-state index is 0.0608. The third-order valence-corrected chi connectivity index (χ3v) is 3.11. The number of carbonyl (C=O) groups is 1. The van der Waals surface area contributed by atoms with E-state index >= 15 is 0 Å². The molecule has 2 N–H and O–H groups in total. The highest BCUT2D eigenvalue weighted by atomic mass is 16.4. The molecule has 98 valence electrons. The monoisotopic (exact) mass is 256 g/mol. The highest BCUT2D eigenvalue weighted by Crippen LogP contribution is 2.25. The second kappa shape index (κ2) is 6.16. The molecule has 19 heavy (non-hydrogen) atoms. The number of hydrogen-bond acceptors (Lipinski definition) is 2. The van der Waals surface area contributed by atoms with Crippen LogP contribution in [-0.4, -0.2) is 22.8 Å². The molecule has 0 bridgehead atoms. The number of aliphatic carboxylic acids is 1. The van der Waals surface area contributed by atoms with E-state index in [4.69, 9.17) is 5.11 Å². The van der Waals surface area contributed by atoms with Crippen molar-refractivity contribution in [3.05, 3.63) is 60.2 Å². The van der Waals surface area contributed by atoms with Gasteiger partial charge in [-0.1, -0.05) is 54.6 Å². The van der Waals surface area contributed by atoms with Gasteiger partial charge in [0.15, 0.2) is 0 Å². The molecule has 2 rings (SSSR count). The molecule has 0 saturated heterocycles. The number of hydrogen-bond donors (Lipinski definition) is 2. The van der Waals surface area contributed by atoms with Crippen LogP contribution < -0.4 is 0 Å². The first-order valence-corrected chi connectivity index (χ1v) is 6.18. The predicted octanol–water partition coefficient (Wildman–Crippen LogP) is 2.90. The lowest BCUT2D eigenvalue weighted by molar-refractivity contribution is -0.137. The smallest absolute Gasteiger partial charge is 0.304 e. The molecule has 0 aliphatic rings. The maximum Gasteiger partial charge on any atom is 0.304 e. The summed E-state index contributed by atoms with van der Waals surface area (Å²) < 4.78 is 0. The normalized spacial score (nSPS) is 12.1. The minimum Gasteiger partial charge on any atom is -0.481 e. The predicted molar refractivity (Wildman–Crippen MR) is 74.0 cm³/mol. The first kappa shape index (κ1) is 13.3. The van der Waals surface area contributed by atoms with E-state index < -0.39 is 5.97 Å². The number of carboxylic acids is 1. The van der Waals surface area contributed by atoms with Crippen molar-refractivity contribution in [1.29, 1.82) is 0 Å². The number of aliphatic hydroxyl groups excluding tert-OH is 1. The van der Waals surface area contributed by atoms with Crippen molar-refractivity contribution >= 4 is 5.97 Å². The number of rotatable bonds is 5. The Hall–Kier alpha value is -2.13. The Balaban J connectivity index is 2.31. The van der Waals surface area contributed by atoms with Gasteiger partial charge < -0.3 is 10.2 Å². The van der Waals surface area contributed by atoms with Gasteiger partial charge in [-0.3, -0.25) is 4.79 Å². The molecule has 3 nitrogen and oxygen atoms in total. The standard InChI is InChI=1S/C16H16O3/c17-11-15(10-16(18)19)14-8-4-7-13(9-14)12-5-2-1-3-6-12/h1-9,15,17H,10-11H2,(H,18,19). The summed E-state index contributed by atoms with van der Waals surface area (Å²) in [5, 5.41) is 18.2. The highest BCUT2D eigenvalue weighted by Gasteiger charge is 2.15. The minimum atomic E-state index is -0.899. The highest BCUT2D eigenvalue weighted by molar-refractivity contribution is 5.69. The quantitative estimate of drug-likeness (QED) is 0.864. The Morgan fingerprint density at radius 3 is 2.32 bits per heavy atom. The third-order valence-electron chi connectivity index (χ3n) is 3.11. The SMILES string of the molecule is O=C(O)CC(CO)c1cccc(-c2ccccc2)c1. The molecule has 0 aromatic heterocycles. The van der Waals surface area contributed by atoms with Gasteiger partial charge in [0.05, 0.1) is 13.0 Å². The fourth-order valence-corrected chi connectivity index (χ4v) is 2.10. The fraction of sp³-hybridized carbons (Fsp3) is 0.188. The van der Waals surface area contributed by atoms with Crippen molar-refractivity contribution in [2.24, 2.45) is 0 Å². The summed E-state index contributed by atoms with van der Waals surface area (Å²) >= 11 is 0. The summed E-state index contributed by atoms with van der Waals surface area (Å²) in [6.07, 6.45) is -0.0608. The molecule has 1 unspecified atom stereocenters. The summed E-state index contributed by atoms with van der Waals surface area (Å²) in [7, 11) is 0. The molecule has 0 heterocycles. The lowest BCUT2D eigenvalue weighted by atomic mass is 9.93. The Morgan fingerprint density at radius 1 is 1.00 bits per heavy atom. The van der Waals surface area contributed by atoms with E-state index in [0.29, 0.717) is 0 Å². The van der Waals surface area contributed by atoms with Crippen molar-refractivity contribution in [1.82, 2.24) is 0 Å². The fourth-order valence-electron chi connectivity index (χ4n) is 2.10. The van der Waals surface area contributed by atoms with Gasteiger partial charge in [0.2, 0.25) is 0 Å². The second-order valence-electron chi connectivity index (χ2n) is 4.47. The van der Waals surface area contributed by atoms with Crippen molar-refractivity contribution in [2.45, 2.75) is 12.3 Å². The zero-order valence-corrected chi connectivity index (χ0v) is 10.5. The second-order valence-corrected chi connectivity index (χ2v) is 4.47. The molecule has 0 aliphatic carbocycles. The van der Waals surface area contributed by atoms with E-state index in [-0.39, 0.29) is 18.9 Å². The molecule has 3 heteroatoms. The number of benzene rings is 2. The maximum absolute atomic E-state index is 10.8. The van der Waals surface area contributed by atoms with Crippen LogP contribution in [0, 0.1) is 0 Å². The molecule has 0 fully saturated rings. The van der Waals surface area contributed by atoms with Crippen LogP contribution in [0.4, 0.5) is 0 Å². The maximum atomic E-state index is 10.8. The zero-order valence-electron chi connectivity index (χ0n) is 10.5. The van der Waals surface area contributed by atoms with Crippen LogP contribution in [0.5, 0.6) is 0 Å². The van der Waals surface area contributed by atoms with Gasteiger partial charge in [-0.2, -0.15) is 0 Å². The van der Waals surface area contributed by atoms with Gasteiger partial charge in [-0.15, -0.1) is 0 Å². The molecule has 2 aromatic rings. The molecule has 0 aliphatic heterocycles. The van der Waals surface area contributed by atoms with Crippen LogP contribution in [0.25, 0.3) is 11.1 Å². The summed E-state index contributed by atoms with van der Waals surface area (Å²) in [5.74, 6) is -1.26. The van der Waals surface area contributed by atoms with E-state index in [1.165, 1.54) is 0 Å². The first-order chi connectivity index (χ1) is 9.20. The summed E-state index contributed by atoms with van der Waals surface area (Å²) in [4.78, 5) is 10.8. The average Bonchev–Trinajstić information content (AvgIpc) is 2.45. The van der Waals surface area contributed by atoms with E-state index in [1.54, 1.807) is 0 Å². The van der Waals surface area contributed by atoms with Crippen LogP contribution in [0.2, 0.25) is 0 Å². The van der Waals surface area contributed by atoms with Crippen LogP contribution >= 0.6 is 0 Å². The Morgan fingerprint density at radius 2 is 1.68 bits per heavy atom. The summed E-state index contributed by atoms with van der Waals surface area (Å²) in [5.41, 5.74) is 2.96. The van der Waals surface area contributed by atoms with Crippen LogP contribution in [-0.2, 0) is 4.79 Å². The molecular formula is C16H16O3. The van der Waals surface area contributed by atoms with Crippen LogP contribution in [0.1, 0.15) is 17.9 Å². The molecule has 1 atom stereocenters. The molecule has 2 aromatic carbocycles. The molecular weight excluding hydrogens is 240 g/mol. The first-order valence-electron chi connectivity index (χ1n) is 6.18. The largest absolute Gasteiger partial charge is 0.481 e. The van der Waals surface area contributed by atoms with Gasteiger partial charge in [0.25, 0.3) is 0 Å². The van der Waals surface area contributed by atoms with Gasteiger partial charge in [-0.05, 0) is 16.7 Å². The molecule has 0 saturated carbocycles. The lowest BCUT2D eigenvalue weighted by Crippen LogP contribution is -2.10. The van der Waals surface area contributed by atoms with Crippen molar-refractivity contribution in [3.63, 3.8) is 0 Å². The van der Waals surface area contributed by atoms with E-state index in [9.17, 15) is 9.90 Å². The zero-order chi connectivity index (χ0) is 13.7. The van der Waals surface area contributed by atoms with Gasteiger partial charge in [-0.25, -0.2) is 0 Å². The van der Waals surface area contributed by atoms with Crippen LogP contribution in [0.15, 0.2) is 54.6 Å². The van der Waals surface area contributed by atoms with E-state index in [2.05, 4.69) is 0 Å². The summed E-state index contributed by atoms with van der Waals surface area (Å²) in [6, 6.07) is 17.6. The Labute approximate surface area is 112 Å². The van der Waals surface area contributed by atoms with Gasteiger partial charge in [0, 0.05) is 5.92 Å². The third kappa shape index (κ3) is 3.42. The van der Waals surface area contributed by atoms with Gasteiger partial charge >= 0.3 is 5.97 Å². The number of aliphatic hydroxyl groups is 1. The van der Waals surface area contributed by atoms with Crippen molar-refractivity contribution < 1.29 is 15.0 Å². The topological polar surface area (TPSA) is 57.5 Å². The average molecular weight is 256 g/mol. The lowest BCUT2D eigenvalue weighted by Gasteiger charge is -2.13. The van der Waals surface area contributed by atoms with Crippen molar-refractivity contribution in [3.8, 4) is 11.1 Å². The van der Waals surface area contributed by atoms with Crippen molar-refractivity contribution in [2.75, 3.05) is 6.61 Å². The Bertz CT molecular complexity index is 549. The Kier molecular flexibility index (Phi) is 4.31. The molecule has 0 amide bonds. The number of carboxylic acid groups (broad SMARTS) is 1. The molecule has 0 spiro atoms. The van der Waals surface area contributed by atoms with Gasteiger partial charge in [0.1, 0.15) is 0 Å².